The lowest BCUT2D eigenvalue weighted by atomic mass is 10.0. The van der Waals surface area contributed by atoms with Crippen LogP contribution in [0.4, 0.5) is 11.4 Å². The Morgan fingerprint density at radius 1 is 1.14 bits per heavy atom. The fraction of sp³-hybridized carbons (Fsp3) is 0.222. The molecular weight excluding hydrogens is 324 g/mol. The number of rotatable bonds is 2. The molecule has 0 aromatic heterocycles. The summed E-state index contributed by atoms with van der Waals surface area (Å²) in [6, 6.07) is 13.0. The van der Waals surface area contributed by atoms with Gasteiger partial charge in [-0.25, -0.2) is 0 Å². The summed E-state index contributed by atoms with van der Waals surface area (Å²) in [6.45, 7) is 3.06. The molecule has 0 fully saturated rings. The molecule has 2 aromatic carbocycles. The lowest BCUT2D eigenvalue weighted by Gasteiger charge is -2.28. The Balaban J connectivity index is 1.94. The number of fused-ring (bicyclic) bond motifs is 1. The topological polar surface area (TPSA) is 6.48 Å². The van der Waals surface area contributed by atoms with Crippen LogP contribution in [0.1, 0.15) is 16.7 Å². The minimum absolute atomic E-state index is 0.914. The van der Waals surface area contributed by atoms with Crippen LogP contribution in [0.25, 0.3) is 6.08 Å². The van der Waals surface area contributed by atoms with Crippen molar-refractivity contribution in [2.24, 2.45) is 0 Å². The van der Waals surface area contributed by atoms with Gasteiger partial charge >= 0.3 is 0 Å². The quantitative estimate of drug-likeness (QED) is 0.772. The zero-order chi connectivity index (χ0) is 15.0. The van der Waals surface area contributed by atoms with Gasteiger partial charge in [-0.2, -0.15) is 0 Å². The van der Waals surface area contributed by atoms with Crippen molar-refractivity contribution in [2.45, 2.75) is 13.5 Å². The van der Waals surface area contributed by atoms with Crippen molar-refractivity contribution in [2.75, 3.05) is 23.9 Å². The summed E-state index contributed by atoms with van der Waals surface area (Å²) in [7, 11) is 4.15. The van der Waals surface area contributed by atoms with Crippen molar-refractivity contribution < 1.29 is 0 Å². The molecule has 0 atom stereocenters. The van der Waals surface area contributed by atoms with Crippen LogP contribution in [0.3, 0.4) is 0 Å². The molecular formula is C18H19BrN2. The summed E-state index contributed by atoms with van der Waals surface area (Å²) in [5.41, 5.74) is 6.44. The molecule has 0 spiro atoms. The van der Waals surface area contributed by atoms with Gasteiger partial charge in [0.25, 0.3) is 0 Å². The number of hydrogen-bond donors (Lipinski definition) is 0. The van der Waals surface area contributed by atoms with Crippen LogP contribution in [-0.2, 0) is 6.54 Å². The summed E-state index contributed by atoms with van der Waals surface area (Å²) in [5, 5.41) is 0. The minimum atomic E-state index is 0.914. The molecule has 0 bridgehead atoms. The highest BCUT2D eigenvalue weighted by atomic mass is 79.9. The van der Waals surface area contributed by atoms with Crippen LogP contribution >= 0.6 is 15.9 Å². The van der Waals surface area contributed by atoms with Crippen molar-refractivity contribution in [3.63, 3.8) is 0 Å². The summed E-state index contributed by atoms with van der Waals surface area (Å²) >= 11 is 3.61. The fourth-order valence-electron chi connectivity index (χ4n) is 2.64. The van der Waals surface area contributed by atoms with E-state index in [0.717, 1.165) is 11.0 Å². The van der Waals surface area contributed by atoms with Gasteiger partial charge in [-0.3, -0.25) is 0 Å². The first-order valence-corrected chi connectivity index (χ1v) is 7.86. The predicted octanol–water partition coefficient (Wildman–Crippen LogP) is 4.81. The normalized spacial score (nSPS) is 13.2. The average molecular weight is 343 g/mol. The van der Waals surface area contributed by atoms with E-state index in [1.807, 2.05) is 0 Å². The van der Waals surface area contributed by atoms with Crippen LogP contribution < -0.4 is 9.80 Å². The molecule has 0 radical (unpaired) electrons. The molecule has 1 heterocycles. The maximum atomic E-state index is 3.61. The standard InChI is InChI=1S/C18H19BrN2/c1-13-17(19)5-4-6-18(13)21-10-9-14-11-16(20(2)3)8-7-15(14)12-21/h4-11H,12H2,1-3H3. The Bertz CT molecular complexity index is 704. The van der Waals surface area contributed by atoms with E-state index in [1.165, 1.54) is 28.1 Å². The lowest BCUT2D eigenvalue weighted by molar-refractivity contribution is 0.945. The molecule has 2 nitrogen and oxygen atoms in total. The van der Waals surface area contributed by atoms with Gasteiger partial charge in [0, 0.05) is 42.7 Å². The first kappa shape index (κ1) is 14.2. The molecule has 0 aliphatic carbocycles. The summed E-state index contributed by atoms with van der Waals surface area (Å²) in [6.07, 6.45) is 4.38. The second-order valence-corrected chi connectivity index (χ2v) is 6.46. The van der Waals surface area contributed by atoms with Crippen molar-refractivity contribution in [1.82, 2.24) is 0 Å². The van der Waals surface area contributed by atoms with Gasteiger partial charge < -0.3 is 9.80 Å². The van der Waals surface area contributed by atoms with Gasteiger partial charge in [0.05, 0.1) is 0 Å². The molecule has 0 N–H and O–H groups in total. The molecule has 0 amide bonds. The SMILES string of the molecule is Cc1c(Br)cccc1N1C=Cc2cc(N(C)C)ccc2C1. The van der Waals surface area contributed by atoms with E-state index in [2.05, 4.69) is 95.4 Å². The van der Waals surface area contributed by atoms with Gasteiger partial charge in [-0.1, -0.05) is 28.1 Å². The highest BCUT2D eigenvalue weighted by Gasteiger charge is 2.15. The highest BCUT2D eigenvalue weighted by Crippen LogP contribution is 2.32. The van der Waals surface area contributed by atoms with Gasteiger partial charge in [0.1, 0.15) is 0 Å². The van der Waals surface area contributed by atoms with Crippen molar-refractivity contribution >= 4 is 33.4 Å². The van der Waals surface area contributed by atoms with Gasteiger partial charge in [-0.05, 0) is 54.0 Å². The van der Waals surface area contributed by atoms with E-state index in [1.54, 1.807) is 0 Å². The molecule has 1 aliphatic heterocycles. The smallest absolute Gasteiger partial charge is 0.0481 e. The van der Waals surface area contributed by atoms with E-state index in [-0.39, 0.29) is 0 Å². The fourth-order valence-corrected chi connectivity index (χ4v) is 2.99. The van der Waals surface area contributed by atoms with Gasteiger partial charge in [-0.15, -0.1) is 0 Å². The predicted molar refractivity (Wildman–Crippen MR) is 94.9 cm³/mol. The number of halogens is 1. The van der Waals surface area contributed by atoms with Crippen molar-refractivity contribution in [3.05, 3.63) is 63.8 Å². The van der Waals surface area contributed by atoms with E-state index in [9.17, 15) is 0 Å². The molecule has 1 aliphatic rings. The second kappa shape index (κ2) is 5.57. The Kier molecular flexibility index (Phi) is 3.77. The Hall–Kier alpha value is -1.74. The molecule has 0 saturated heterocycles. The maximum absolute atomic E-state index is 3.61. The lowest BCUT2D eigenvalue weighted by Crippen LogP contribution is -2.20. The molecule has 3 heteroatoms. The zero-order valence-corrected chi connectivity index (χ0v) is 14.2. The Morgan fingerprint density at radius 2 is 1.95 bits per heavy atom. The van der Waals surface area contributed by atoms with Gasteiger partial charge in [0.15, 0.2) is 0 Å². The van der Waals surface area contributed by atoms with Crippen LogP contribution in [0.2, 0.25) is 0 Å². The largest absolute Gasteiger partial charge is 0.378 e. The molecule has 2 aromatic rings. The second-order valence-electron chi connectivity index (χ2n) is 5.61. The Labute approximate surface area is 134 Å². The Morgan fingerprint density at radius 3 is 2.71 bits per heavy atom. The van der Waals surface area contributed by atoms with E-state index in [0.29, 0.717) is 0 Å². The first-order valence-electron chi connectivity index (χ1n) is 7.06. The van der Waals surface area contributed by atoms with Crippen LogP contribution in [-0.4, -0.2) is 14.1 Å². The third kappa shape index (κ3) is 2.70. The summed E-state index contributed by atoms with van der Waals surface area (Å²) in [5.74, 6) is 0. The molecule has 0 unspecified atom stereocenters. The highest BCUT2D eigenvalue weighted by molar-refractivity contribution is 9.10. The molecule has 3 rings (SSSR count). The monoisotopic (exact) mass is 342 g/mol. The third-order valence-electron chi connectivity index (χ3n) is 3.97. The van der Waals surface area contributed by atoms with Crippen LogP contribution in [0, 0.1) is 6.92 Å². The summed E-state index contributed by atoms with van der Waals surface area (Å²) < 4.78 is 1.15. The summed E-state index contributed by atoms with van der Waals surface area (Å²) in [4.78, 5) is 4.44. The molecule has 21 heavy (non-hydrogen) atoms. The number of benzene rings is 2. The number of anilines is 2. The maximum Gasteiger partial charge on any atom is 0.0481 e. The molecule has 0 saturated carbocycles. The van der Waals surface area contributed by atoms with Crippen molar-refractivity contribution in [3.8, 4) is 0 Å². The number of hydrogen-bond acceptors (Lipinski definition) is 2. The first-order chi connectivity index (χ1) is 10.1. The minimum Gasteiger partial charge on any atom is -0.378 e. The van der Waals surface area contributed by atoms with Gasteiger partial charge in [0.2, 0.25) is 0 Å². The average Bonchev–Trinajstić information content (AvgIpc) is 2.49. The third-order valence-corrected chi connectivity index (χ3v) is 4.83. The van der Waals surface area contributed by atoms with Crippen LogP contribution in [0.15, 0.2) is 47.1 Å². The number of nitrogens with zero attached hydrogens (tertiary/aromatic N) is 2. The van der Waals surface area contributed by atoms with Crippen LogP contribution in [0.5, 0.6) is 0 Å². The zero-order valence-electron chi connectivity index (χ0n) is 12.6. The van der Waals surface area contributed by atoms with E-state index >= 15 is 0 Å². The van der Waals surface area contributed by atoms with E-state index < -0.39 is 0 Å². The van der Waals surface area contributed by atoms with E-state index in [4.69, 9.17) is 0 Å². The molecule has 108 valence electrons. The van der Waals surface area contributed by atoms with Crippen molar-refractivity contribution in [1.29, 1.82) is 0 Å².